The van der Waals surface area contributed by atoms with E-state index < -0.39 is 0 Å². The fourth-order valence-corrected chi connectivity index (χ4v) is 3.88. The van der Waals surface area contributed by atoms with Crippen molar-refractivity contribution in [2.24, 2.45) is 17.1 Å². The van der Waals surface area contributed by atoms with Crippen LogP contribution in [-0.4, -0.2) is 0 Å². The second-order valence-corrected chi connectivity index (χ2v) is 7.09. The van der Waals surface area contributed by atoms with Gasteiger partial charge in [0.25, 0.3) is 0 Å². The van der Waals surface area contributed by atoms with Crippen molar-refractivity contribution < 1.29 is 0 Å². The normalized spacial score (nSPS) is 29.3. The molecule has 2 N–H and O–H groups in total. The van der Waals surface area contributed by atoms with Gasteiger partial charge in [-0.2, -0.15) is 0 Å². The predicted molar refractivity (Wildman–Crippen MR) is 78.7 cm³/mol. The van der Waals surface area contributed by atoms with E-state index in [4.69, 9.17) is 17.3 Å². The lowest BCUT2D eigenvalue weighted by molar-refractivity contribution is 0.0779. The summed E-state index contributed by atoms with van der Waals surface area (Å²) in [4.78, 5) is 0. The predicted octanol–water partition coefficient (Wildman–Crippen LogP) is 4.73. The van der Waals surface area contributed by atoms with Crippen LogP contribution in [0.25, 0.3) is 0 Å². The van der Waals surface area contributed by atoms with Gasteiger partial charge < -0.3 is 5.73 Å². The Labute approximate surface area is 116 Å². The summed E-state index contributed by atoms with van der Waals surface area (Å²) in [6.07, 6.45) is 4.73. The van der Waals surface area contributed by atoms with Crippen molar-refractivity contribution in [2.75, 3.05) is 0 Å². The van der Waals surface area contributed by atoms with E-state index in [9.17, 15) is 0 Å². The van der Waals surface area contributed by atoms with Crippen molar-refractivity contribution in [1.82, 2.24) is 0 Å². The summed E-state index contributed by atoms with van der Waals surface area (Å²) in [5, 5.41) is 0.816. The van der Waals surface area contributed by atoms with Gasteiger partial charge in [-0.1, -0.05) is 63.4 Å². The van der Waals surface area contributed by atoms with Crippen LogP contribution < -0.4 is 5.73 Å². The van der Waals surface area contributed by atoms with E-state index in [1.165, 1.54) is 19.3 Å². The lowest BCUT2D eigenvalue weighted by Crippen LogP contribution is -2.51. The molecule has 100 valence electrons. The van der Waals surface area contributed by atoms with E-state index >= 15 is 0 Å². The molecular formula is C16H24ClN. The van der Waals surface area contributed by atoms with Crippen LogP contribution in [0.2, 0.25) is 5.02 Å². The minimum absolute atomic E-state index is 0.217. The molecular weight excluding hydrogens is 242 g/mol. The number of halogens is 1. The fraction of sp³-hybridized carbons (Fsp3) is 0.625. The summed E-state index contributed by atoms with van der Waals surface area (Å²) in [6, 6.07) is 8.08. The minimum atomic E-state index is -0.269. The topological polar surface area (TPSA) is 26.0 Å². The van der Waals surface area contributed by atoms with Crippen LogP contribution in [0, 0.1) is 11.3 Å². The molecule has 0 aliphatic heterocycles. The van der Waals surface area contributed by atoms with Crippen LogP contribution in [0.1, 0.15) is 52.0 Å². The molecule has 1 aliphatic rings. The number of hydrogen-bond donors (Lipinski definition) is 1. The number of rotatable bonds is 1. The van der Waals surface area contributed by atoms with Gasteiger partial charge in [0.1, 0.15) is 0 Å². The lowest BCUT2D eigenvalue weighted by atomic mass is 9.60. The van der Waals surface area contributed by atoms with Crippen molar-refractivity contribution in [3.63, 3.8) is 0 Å². The Morgan fingerprint density at radius 3 is 2.50 bits per heavy atom. The maximum Gasteiger partial charge on any atom is 0.0458 e. The van der Waals surface area contributed by atoms with Crippen molar-refractivity contribution in [2.45, 2.75) is 52.0 Å². The quantitative estimate of drug-likeness (QED) is 0.780. The standard InChI is InChI=1S/C16H24ClN/c1-15(2,3)14-10-6-7-11-16(14,18)12-8-4-5-9-13(12)17/h4-5,8-9,14H,6-7,10-11,18H2,1-3H3. The third-order valence-corrected chi connectivity index (χ3v) is 4.71. The van der Waals surface area contributed by atoms with Crippen LogP contribution in [0.5, 0.6) is 0 Å². The zero-order valence-electron chi connectivity index (χ0n) is 11.7. The van der Waals surface area contributed by atoms with Crippen LogP contribution in [0.4, 0.5) is 0 Å². The molecule has 2 unspecified atom stereocenters. The third kappa shape index (κ3) is 2.44. The van der Waals surface area contributed by atoms with Gasteiger partial charge in [0.05, 0.1) is 0 Å². The molecule has 1 aromatic rings. The molecule has 0 bridgehead atoms. The summed E-state index contributed by atoms with van der Waals surface area (Å²) >= 11 is 6.38. The Balaban J connectivity index is 2.46. The van der Waals surface area contributed by atoms with Gasteiger partial charge in [-0.25, -0.2) is 0 Å². The van der Waals surface area contributed by atoms with Gasteiger partial charge in [0.15, 0.2) is 0 Å². The molecule has 1 aliphatic carbocycles. The van der Waals surface area contributed by atoms with Crippen molar-refractivity contribution in [1.29, 1.82) is 0 Å². The van der Waals surface area contributed by atoms with E-state index in [1.807, 2.05) is 18.2 Å². The summed E-state index contributed by atoms with van der Waals surface area (Å²) in [5.41, 5.74) is 7.91. The van der Waals surface area contributed by atoms with Gasteiger partial charge in [-0.15, -0.1) is 0 Å². The third-order valence-electron chi connectivity index (χ3n) is 4.38. The van der Waals surface area contributed by atoms with E-state index in [2.05, 4.69) is 26.8 Å². The Kier molecular flexibility index (Phi) is 3.75. The molecule has 2 atom stereocenters. The molecule has 0 spiro atoms. The fourth-order valence-electron chi connectivity index (χ4n) is 3.56. The number of benzene rings is 1. The molecule has 1 nitrogen and oxygen atoms in total. The van der Waals surface area contributed by atoms with Gasteiger partial charge in [0, 0.05) is 10.6 Å². The number of nitrogens with two attached hydrogens (primary N) is 1. The summed E-state index contributed by atoms with van der Waals surface area (Å²) < 4.78 is 0. The van der Waals surface area contributed by atoms with Gasteiger partial charge in [-0.05, 0) is 35.8 Å². The highest BCUT2D eigenvalue weighted by atomic mass is 35.5. The highest BCUT2D eigenvalue weighted by Crippen LogP contribution is 2.49. The highest BCUT2D eigenvalue weighted by molar-refractivity contribution is 6.31. The molecule has 0 saturated heterocycles. The first-order valence-corrected chi connectivity index (χ1v) is 7.27. The average molecular weight is 266 g/mol. The van der Waals surface area contributed by atoms with Crippen molar-refractivity contribution >= 4 is 11.6 Å². The summed E-state index contributed by atoms with van der Waals surface area (Å²) in [7, 11) is 0. The SMILES string of the molecule is CC(C)(C)C1CCCCC1(N)c1ccccc1Cl. The molecule has 0 heterocycles. The van der Waals surface area contributed by atoms with E-state index in [0.717, 1.165) is 17.0 Å². The molecule has 2 heteroatoms. The molecule has 0 radical (unpaired) electrons. The maximum absolute atomic E-state index is 6.83. The molecule has 2 rings (SSSR count). The van der Waals surface area contributed by atoms with Crippen molar-refractivity contribution in [3.8, 4) is 0 Å². The molecule has 0 aromatic heterocycles. The first-order valence-electron chi connectivity index (χ1n) is 6.89. The molecule has 1 aromatic carbocycles. The second kappa shape index (κ2) is 4.86. The Morgan fingerprint density at radius 2 is 1.89 bits per heavy atom. The maximum atomic E-state index is 6.83. The Morgan fingerprint density at radius 1 is 1.22 bits per heavy atom. The minimum Gasteiger partial charge on any atom is -0.321 e. The zero-order chi connectivity index (χ0) is 13.4. The largest absolute Gasteiger partial charge is 0.321 e. The van der Waals surface area contributed by atoms with Gasteiger partial charge in [0.2, 0.25) is 0 Å². The molecule has 1 fully saturated rings. The van der Waals surface area contributed by atoms with Gasteiger partial charge in [-0.3, -0.25) is 0 Å². The van der Waals surface area contributed by atoms with Gasteiger partial charge >= 0.3 is 0 Å². The highest BCUT2D eigenvalue weighted by Gasteiger charge is 2.45. The first-order chi connectivity index (χ1) is 8.36. The molecule has 0 amide bonds. The van der Waals surface area contributed by atoms with E-state index in [0.29, 0.717) is 5.92 Å². The van der Waals surface area contributed by atoms with Crippen LogP contribution >= 0.6 is 11.6 Å². The zero-order valence-corrected chi connectivity index (χ0v) is 12.4. The van der Waals surface area contributed by atoms with Crippen molar-refractivity contribution in [3.05, 3.63) is 34.9 Å². The summed E-state index contributed by atoms with van der Waals surface area (Å²) in [5.74, 6) is 0.485. The molecule has 18 heavy (non-hydrogen) atoms. The molecule has 1 saturated carbocycles. The van der Waals surface area contributed by atoms with Crippen LogP contribution in [0.3, 0.4) is 0 Å². The second-order valence-electron chi connectivity index (χ2n) is 6.68. The number of hydrogen-bond acceptors (Lipinski definition) is 1. The Hall–Kier alpha value is -0.530. The first kappa shape index (κ1) is 13.9. The lowest BCUT2D eigenvalue weighted by Gasteiger charge is -2.48. The van der Waals surface area contributed by atoms with E-state index in [-0.39, 0.29) is 11.0 Å². The van der Waals surface area contributed by atoms with E-state index in [1.54, 1.807) is 0 Å². The Bertz CT molecular complexity index is 421. The summed E-state index contributed by atoms with van der Waals surface area (Å²) in [6.45, 7) is 6.88. The monoisotopic (exact) mass is 265 g/mol. The van der Waals surface area contributed by atoms with Crippen LogP contribution in [0.15, 0.2) is 24.3 Å². The van der Waals surface area contributed by atoms with Crippen LogP contribution in [-0.2, 0) is 5.54 Å². The average Bonchev–Trinajstić information content (AvgIpc) is 2.28. The smallest absolute Gasteiger partial charge is 0.0458 e.